The number of ketones is 1. The van der Waals surface area contributed by atoms with E-state index in [1.165, 1.54) is 24.3 Å². The number of ether oxygens (including phenoxy) is 1. The van der Waals surface area contributed by atoms with Crippen LogP contribution in [0.15, 0.2) is 52.4 Å². The number of halogens is 2. The number of benzene rings is 2. The van der Waals surface area contributed by atoms with Gasteiger partial charge in [0.15, 0.2) is 12.4 Å². The van der Waals surface area contributed by atoms with Crippen molar-refractivity contribution in [1.29, 1.82) is 0 Å². The van der Waals surface area contributed by atoms with Gasteiger partial charge in [-0.25, -0.2) is 8.42 Å². The smallest absolute Gasteiger partial charge is 0.306 e. The molecule has 0 spiro atoms. The first kappa shape index (κ1) is 23.2. The van der Waals surface area contributed by atoms with E-state index in [0.29, 0.717) is 47.8 Å². The molecule has 1 heterocycles. The van der Waals surface area contributed by atoms with Gasteiger partial charge >= 0.3 is 5.97 Å². The number of sulfonamides is 1. The van der Waals surface area contributed by atoms with Crippen LogP contribution in [0.25, 0.3) is 0 Å². The zero-order chi connectivity index (χ0) is 22.4. The molecule has 2 aromatic carbocycles. The number of aliphatic imine (C=N–C) groups is 1. The van der Waals surface area contributed by atoms with Crippen molar-refractivity contribution in [2.75, 3.05) is 13.2 Å². The van der Waals surface area contributed by atoms with Crippen molar-refractivity contribution < 1.29 is 22.7 Å². The second-order valence-corrected chi connectivity index (χ2v) is 9.32. The summed E-state index contributed by atoms with van der Waals surface area (Å²) in [6.07, 6.45) is 2.15. The van der Waals surface area contributed by atoms with Crippen LogP contribution in [0, 0.1) is 0 Å². The van der Waals surface area contributed by atoms with Crippen molar-refractivity contribution in [3.8, 4) is 0 Å². The molecule has 1 aliphatic rings. The minimum Gasteiger partial charge on any atom is -0.457 e. The van der Waals surface area contributed by atoms with E-state index in [-0.39, 0.29) is 28.7 Å². The molecule has 0 saturated carbocycles. The van der Waals surface area contributed by atoms with E-state index in [9.17, 15) is 18.0 Å². The minimum absolute atomic E-state index is 0.181. The van der Waals surface area contributed by atoms with Crippen molar-refractivity contribution in [2.24, 2.45) is 4.99 Å². The fourth-order valence-corrected chi connectivity index (χ4v) is 4.52. The van der Waals surface area contributed by atoms with Crippen molar-refractivity contribution in [3.05, 3.63) is 63.6 Å². The Kier molecular flexibility index (Phi) is 7.69. The lowest BCUT2D eigenvalue weighted by atomic mass is 10.1. The number of esters is 1. The lowest BCUT2D eigenvalue weighted by Gasteiger charge is -2.05. The molecule has 2 aromatic rings. The van der Waals surface area contributed by atoms with Gasteiger partial charge in [-0.3, -0.25) is 19.3 Å². The highest BCUT2D eigenvalue weighted by atomic mass is 35.5. The number of nitrogens with zero attached hydrogens (tertiary/aromatic N) is 1. The number of Topliss-reactive ketones (excluding diaryl/α,β-unsaturated/α-hetero) is 1. The average molecular weight is 483 g/mol. The Morgan fingerprint density at radius 2 is 1.77 bits per heavy atom. The third kappa shape index (κ3) is 6.06. The quantitative estimate of drug-likeness (QED) is 0.330. The van der Waals surface area contributed by atoms with Gasteiger partial charge in [-0.2, -0.15) is 0 Å². The molecule has 0 amide bonds. The number of hydrogen-bond acceptors (Lipinski definition) is 6. The zero-order valence-electron chi connectivity index (χ0n) is 16.4. The Bertz CT molecular complexity index is 1130. The van der Waals surface area contributed by atoms with Crippen LogP contribution in [0.3, 0.4) is 0 Å². The molecule has 31 heavy (non-hydrogen) atoms. The second kappa shape index (κ2) is 10.3. The number of rotatable bonds is 9. The maximum atomic E-state index is 12.0. The van der Waals surface area contributed by atoms with Crippen LogP contribution in [0.1, 0.15) is 41.6 Å². The molecule has 0 saturated heterocycles. The highest BCUT2D eigenvalue weighted by Crippen LogP contribution is 2.23. The Morgan fingerprint density at radius 3 is 2.55 bits per heavy atom. The average Bonchev–Trinajstić information content (AvgIpc) is 3.01. The molecule has 0 radical (unpaired) electrons. The summed E-state index contributed by atoms with van der Waals surface area (Å²) in [5.41, 5.74) is 0.892. The summed E-state index contributed by atoms with van der Waals surface area (Å²) in [7, 11) is -3.53. The highest BCUT2D eigenvalue weighted by Gasteiger charge is 2.29. The van der Waals surface area contributed by atoms with Crippen LogP contribution in [0.5, 0.6) is 0 Å². The number of carbonyl (C=O) groups is 2. The summed E-state index contributed by atoms with van der Waals surface area (Å²) in [6.45, 7) is 0.0705. The fourth-order valence-electron chi connectivity index (χ4n) is 2.97. The van der Waals surface area contributed by atoms with E-state index in [4.69, 9.17) is 27.9 Å². The van der Waals surface area contributed by atoms with E-state index >= 15 is 0 Å². The normalized spacial score (nSPS) is 15.4. The summed E-state index contributed by atoms with van der Waals surface area (Å²) in [4.78, 5) is 28.4. The number of hydrogen-bond donors (Lipinski definition) is 1. The van der Waals surface area contributed by atoms with Gasteiger partial charge in [0.2, 0.25) is 0 Å². The molecule has 164 valence electrons. The highest BCUT2D eigenvalue weighted by molar-refractivity contribution is 7.90. The first-order valence-electron chi connectivity index (χ1n) is 9.58. The van der Waals surface area contributed by atoms with Crippen molar-refractivity contribution >= 4 is 50.8 Å². The van der Waals surface area contributed by atoms with Gasteiger partial charge in [-0.15, -0.1) is 0 Å². The van der Waals surface area contributed by atoms with Crippen LogP contribution >= 0.6 is 23.2 Å². The molecule has 0 bridgehead atoms. The molecule has 1 aliphatic heterocycles. The molecule has 0 atom stereocenters. The summed E-state index contributed by atoms with van der Waals surface area (Å²) < 4.78 is 31.5. The Hall–Kier alpha value is -2.42. The van der Waals surface area contributed by atoms with E-state index in [2.05, 4.69) is 9.71 Å². The monoisotopic (exact) mass is 482 g/mol. The fraction of sp³-hybridized carbons (Fsp3) is 0.286. The van der Waals surface area contributed by atoms with Crippen LogP contribution in [0.4, 0.5) is 0 Å². The van der Waals surface area contributed by atoms with Crippen LogP contribution in [-0.4, -0.2) is 39.2 Å². The van der Waals surface area contributed by atoms with Crippen molar-refractivity contribution in [2.45, 2.75) is 30.6 Å². The van der Waals surface area contributed by atoms with Gasteiger partial charge in [-0.05, 0) is 43.2 Å². The van der Waals surface area contributed by atoms with Crippen molar-refractivity contribution in [3.63, 3.8) is 0 Å². The maximum absolute atomic E-state index is 12.0. The topological polar surface area (TPSA) is 102 Å². The van der Waals surface area contributed by atoms with Gasteiger partial charge in [0.05, 0.1) is 14.9 Å². The number of carbonyl (C=O) groups excluding carboxylic acids is 2. The molecular formula is C21H20Cl2N2O5S. The SMILES string of the molecule is O=C(CCCCCN=C1NS(=O)(=O)c2ccccc21)OCC(=O)c1ccc(Cl)c(Cl)c1. The van der Waals surface area contributed by atoms with Gasteiger partial charge in [0, 0.05) is 24.1 Å². The first-order valence-corrected chi connectivity index (χ1v) is 11.8. The Labute approximate surface area is 190 Å². The largest absolute Gasteiger partial charge is 0.457 e. The second-order valence-electron chi connectivity index (χ2n) is 6.86. The van der Waals surface area contributed by atoms with Crippen LogP contribution in [-0.2, 0) is 19.6 Å². The summed E-state index contributed by atoms with van der Waals surface area (Å²) in [6, 6.07) is 11.1. The molecule has 1 N–H and O–H groups in total. The molecule has 0 unspecified atom stereocenters. The minimum atomic E-state index is -3.53. The Morgan fingerprint density at radius 1 is 1.00 bits per heavy atom. The lowest BCUT2D eigenvalue weighted by molar-refractivity contribution is -0.142. The molecule has 10 heteroatoms. The first-order chi connectivity index (χ1) is 14.8. The predicted octanol–water partition coefficient (Wildman–Crippen LogP) is 4.02. The number of nitrogens with one attached hydrogen (secondary N) is 1. The zero-order valence-corrected chi connectivity index (χ0v) is 18.8. The standard InChI is InChI=1S/C21H20Cl2N2O5S/c22-16-10-9-14(12-17(16)23)18(26)13-30-20(27)8-2-1-5-11-24-21-15-6-3-4-7-19(15)31(28,29)25-21/h3-4,6-7,9-10,12H,1-2,5,8,11,13H2,(H,24,25). The molecular weight excluding hydrogens is 463 g/mol. The number of amidine groups is 1. The number of unbranched alkanes of at least 4 members (excludes halogenated alkanes) is 2. The van der Waals surface area contributed by atoms with Gasteiger partial charge in [0.25, 0.3) is 10.0 Å². The molecule has 0 aromatic heterocycles. The van der Waals surface area contributed by atoms with Crippen LogP contribution < -0.4 is 4.72 Å². The van der Waals surface area contributed by atoms with Gasteiger partial charge in [0.1, 0.15) is 5.84 Å². The third-order valence-corrected chi connectivity index (χ3v) is 6.71. The Balaban J connectivity index is 1.36. The molecule has 0 fully saturated rings. The van der Waals surface area contributed by atoms with Gasteiger partial charge in [-0.1, -0.05) is 41.8 Å². The van der Waals surface area contributed by atoms with E-state index in [1.54, 1.807) is 18.2 Å². The molecule has 7 nitrogen and oxygen atoms in total. The molecule has 0 aliphatic carbocycles. The van der Waals surface area contributed by atoms with E-state index in [0.717, 1.165) is 0 Å². The summed E-state index contributed by atoms with van der Waals surface area (Å²) >= 11 is 11.7. The van der Waals surface area contributed by atoms with E-state index < -0.39 is 16.0 Å². The summed E-state index contributed by atoms with van der Waals surface area (Å²) in [5.74, 6) is -0.477. The van der Waals surface area contributed by atoms with Gasteiger partial charge < -0.3 is 4.74 Å². The third-order valence-electron chi connectivity index (χ3n) is 4.58. The maximum Gasteiger partial charge on any atom is 0.306 e. The lowest BCUT2D eigenvalue weighted by Crippen LogP contribution is -2.22. The van der Waals surface area contributed by atoms with E-state index in [1.807, 2.05) is 0 Å². The predicted molar refractivity (Wildman–Crippen MR) is 118 cm³/mol. The van der Waals surface area contributed by atoms with Crippen molar-refractivity contribution in [1.82, 2.24) is 4.72 Å². The molecule has 3 rings (SSSR count). The number of fused-ring (bicyclic) bond motifs is 1. The summed E-state index contributed by atoms with van der Waals surface area (Å²) in [5, 5.41) is 0.603. The van der Waals surface area contributed by atoms with Crippen LogP contribution in [0.2, 0.25) is 10.0 Å².